The first kappa shape index (κ1) is 19.9. The molecule has 1 aliphatic heterocycles. The first-order valence-corrected chi connectivity index (χ1v) is 9.22. The van der Waals surface area contributed by atoms with Gasteiger partial charge in [-0.2, -0.15) is 0 Å². The van der Waals surface area contributed by atoms with E-state index in [0.717, 1.165) is 18.1 Å². The molecule has 0 fully saturated rings. The number of aryl methyl sites for hydroxylation is 1. The van der Waals surface area contributed by atoms with Gasteiger partial charge in [0.05, 0.1) is 26.5 Å². The zero-order valence-electron chi connectivity index (χ0n) is 16.1. The Balaban J connectivity index is 1.56. The van der Waals surface area contributed by atoms with Crippen LogP contribution in [0.5, 0.6) is 11.5 Å². The Kier molecular flexibility index (Phi) is 6.34. The van der Waals surface area contributed by atoms with E-state index in [1.807, 2.05) is 18.2 Å². The second-order valence-corrected chi connectivity index (χ2v) is 6.71. The van der Waals surface area contributed by atoms with Crippen LogP contribution in [0.1, 0.15) is 17.5 Å². The number of benzene rings is 2. The molecule has 2 aromatic rings. The number of methoxy groups -OCH3 is 2. The second kappa shape index (κ2) is 8.91. The van der Waals surface area contributed by atoms with Crippen LogP contribution in [0.25, 0.3) is 0 Å². The summed E-state index contributed by atoms with van der Waals surface area (Å²) in [5, 5.41) is 2.86. The fourth-order valence-corrected chi connectivity index (χ4v) is 3.51. The second-order valence-electron chi connectivity index (χ2n) is 6.71. The van der Waals surface area contributed by atoms with Crippen LogP contribution >= 0.6 is 0 Å². The molecule has 28 heavy (non-hydrogen) atoms. The molecule has 0 aliphatic carbocycles. The molecule has 0 unspecified atom stereocenters. The number of fused-ring (bicyclic) bond motifs is 1. The summed E-state index contributed by atoms with van der Waals surface area (Å²) in [4.78, 5) is 14.0. The van der Waals surface area contributed by atoms with Gasteiger partial charge in [-0.15, -0.1) is 0 Å². The van der Waals surface area contributed by atoms with E-state index in [-0.39, 0.29) is 12.5 Å². The molecular formula is C21H24F2N2O3. The van der Waals surface area contributed by atoms with Gasteiger partial charge in [0.15, 0.2) is 11.5 Å². The fraction of sp³-hybridized carbons (Fsp3) is 0.381. The van der Waals surface area contributed by atoms with Crippen molar-refractivity contribution in [1.29, 1.82) is 0 Å². The Hall–Kier alpha value is -2.83. The zero-order valence-corrected chi connectivity index (χ0v) is 16.1. The van der Waals surface area contributed by atoms with Crippen molar-refractivity contribution in [2.45, 2.75) is 19.3 Å². The predicted molar refractivity (Wildman–Crippen MR) is 103 cm³/mol. The number of rotatable bonds is 7. The maximum absolute atomic E-state index is 14.2. The summed E-state index contributed by atoms with van der Waals surface area (Å²) in [7, 11) is 3.15. The number of ether oxygens (including phenoxy) is 2. The van der Waals surface area contributed by atoms with Gasteiger partial charge < -0.3 is 19.7 Å². The highest BCUT2D eigenvalue weighted by Gasteiger charge is 2.23. The van der Waals surface area contributed by atoms with Crippen LogP contribution in [-0.2, 0) is 17.6 Å². The summed E-state index contributed by atoms with van der Waals surface area (Å²) in [6.07, 6.45) is 2.00. The van der Waals surface area contributed by atoms with E-state index in [1.54, 1.807) is 19.1 Å². The lowest BCUT2D eigenvalue weighted by Gasteiger charge is -2.31. The van der Waals surface area contributed by atoms with Crippen molar-refractivity contribution in [2.75, 3.05) is 38.8 Å². The summed E-state index contributed by atoms with van der Waals surface area (Å²) >= 11 is 0. The molecule has 7 heteroatoms. The smallest absolute Gasteiger partial charge is 0.239 e. The lowest BCUT2D eigenvalue weighted by Crippen LogP contribution is -2.40. The molecule has 1 aliphatic rings. The van der Waals surface area contributed by atoms with E-state index in [0.29, 0.717) is 48.7 Å². The van der Waals surface area contributed by atoms with Gasteiger partial charge in [0, 0.05) is 19.2 Å². The molecule has 0 saturated carbocycles. The summed E-state index contributed by atoms with van der Waals surface area (Å²) in [6, 6.07) is 7.82. The molecule has 0 radical (unpaired) electrons. The van der Waals surface area contributed by atoms with Crippen molar-refractivity contribution in [1.82, 2.24) is 5.32 Å². The van der Waals surface area contributed by atoms with Gasteiger partial charge in [-0.25, -0.2) is 8.78 Å². The highest BCUT2D eigenvalue weighted by Crippen LogP contribution is 2.31. The molecule has 1 N–H and O–H groups in total. The largest absolute Gasteiger partial charge is 0.493 e. The maximum atomic E-state index is 14.2. The molecule has 150 valence electrons. The average Bonchev–Trinajstić information content (AvgIpc) is 2.67. The summed E-state index contributed by atoms with van der Waals surface area (Å²) < 4.78 is 38.1. The third-order valence-corrected chi connectivity index (χ3v) is 4.82. The number of halogens is 2. The van der Waals surface area contributed by atoms with Crippen molar-refractivity contribution >= 4 is 11.6 Å². The van der Waals surface area contributed by atoms with Gasteiger partial charge in [-0.05, 0) is 48.6 Å². The van der Waals surface area contributed by atoms with Crippen LogP contribution < -0.4 is 19.7 Å². The van der Waals surface area contributed by atoms with E-state index >= 15 is 0 Å². The molecule has 5 nitrogen and oxygen atoms in total. The Labute approximate surface area is 163 Å². The Morgan fingerprint density at radius 2 is 1.93 bits per heavy atom. The fourth-order valence-electron chi connectivity index (χ4n) is 3.51. The minimum atomic E-state index is -0.618. The number of carbonyl (C=O) groups is 1. The Morgan fingerprint density at radius 3 is 2.68 bits per heavy atom. The summed E-state index contributed by atoms with van der Waals surface area (Å²) in [6.45, 7) is 1.06. The highest BCUT2D eigenvalue weighted by molar-refractivity contribution is 5.82. The van der Waals surface area contributed by atoms with Crippen molar-refractivity contribution < 1.29 is 23.0 Å². The molecule has 2 aromatic carbocycles. The maximum Gasteiger partial charge on any atom is 0.239 e. The number of anilines is 1. The highest BCUT2D eigenvalue weighted by atomic mass is 19.1. The molecule has 0 aromatic heterocycles. The van der Waals surface area contributed by atoms with E-state index in [4.69, 9.17) is 9.47 Å². The number of hydrogen-bond acceptors (Lipinski definition) is 4. The molecular weight excluding hydrogens is 366 g/mol. The molecule has 0 saturated heterocycles. The van der Waals surface area contributed by atoms with E-state index in [9.17, 15) is 13.6 Å². The standard InChI is InChI=1S/C21H24F2N2O3/c1-27-18-6-5-14(10-19(18)28-2)7-8-24-20(26)13-25-9-3-4-15-11-16(22)12-17(23)21(15)25/h5-6,10-12H,3-4,7-9,13H2,1-2H3,(H,24,26). The number of nitrogens with zero attached hydrogens (tertiary/aromatic N) is 1. The van der Waals surface area contributed by atoms with Gasteiger partial charge in [-0.1, -0.05) is 6.07 Å². The number of hydrogen-bond donors (Lipinski definition) is 1. The van der Waals surface area contributed by atoms with Gasteiger partial charge in [0.1, 0.15) is 11.6 Å². The molecule has 0 spiro atoms. The first-order valence-electron chi connectivity index (χ1n) is 9.22. The monoisotopic (exact) mass is 390 g/mol. The first-order chi connectivity index (χ1) is 13.5. The van der Waals surface area contributed by atoms with Gasteiger partial charge in [-0.3, -0.25) is 4.79 Å². The van der Waals surface area contributed by atoms with Crippen LogP contribution in [0.2, 0.25) is 0 Å². The van der Waals surface area contributed by atoms with E-state index in [1.165, 1.54) is 6.07 Å². The van der Waals surface area contributed by atoms with E-state index < -0.39 is 11.6 Å². The summed E-state index contributed by atoms with van der Waals surface area (Å²) in [5.74, 6) is -0.112. The van der Waals surface area contributed by atoms with Crippen LogP contribution in [0.3, 0.4) is 0 Å². The molecule has 1 amide bonds. The van der Waals surface area contributed by atoms with Crippen LogP contribution in [0.15, 0.2) is 30.3 Å². The minimum Gasteiger partial charge on any atom is -0.493 e. The van der Waals surface area contributed by atoms with Crippen molar-refractivity contribution in [2.24, 2.45) is 0 Å². The van der Waals surface area contributed by atoms with Gasteiger partial charge in [0.25, 0.3) is 0 Å². The average molecular weight is 390 g/mol. The Morgan fingerprint density at radius 1 is 1.14 bits per heavy atom. The number of nitrogens with one attached hydrogen (secondary N) is 1. The van der Waals surface area contributed by atoms with Crippen LogP contribution in [0, 0.1) is 11.6 Å². The van der Waals surface area contributed by atoms with Crippen molar-refractivity contribution in [3.05, 3.63) is 53.1 Å². The minimum absolute atomic E-state index is 0.0431. The third-order valence-electron chi connectivity index (χ3n) is 4.82. The molecule has 0 atom stereocenters. The van der Waals surface area contributed by atoms with Crippen LogP contribution in [-0.4, -0.2) is 39.8 Å². The topological polar surface area (TPSA) is 50.8 Å². The third kappa shape index (κ3) is 4.52. The lowest BCUT2D eigenvalue weighted by atomic mass is 10.0. The molecule has 1 heterocycles. The van der Waals surface area contributed by atoms with E-state index in [2.05, 4.69) is 5.32 Å². The van der Waals surface area contributed by atoms with Crippen LogP contribution in [0.4, 0.5) is 14.5 Å². The Bertz CT molecular complexity index is 858. The lowest BCUT2D eigenvalue weighted by molar-refractivity contribution is -0.119. The zero-order chi connectivity index (χ0) is 20.1. The van der Waals surface area contributed by atoms with Gasteiger partial charge >= 0.3 is 0 Å². The normalized spacial score (nSPS) is 13.1. The number of amides is 1. The quantitative estimate of drug-likeness (QED) is 0.789. The number of carbonyl (C=O) groups excluding carboxylic acids is 1. The molecule has 0 bridgehead atoms. The van der Waals surface area contributed by atoms with Crippen molar-refractivity contribution in [3.8, 4) is 11.5 Å². The SMILES string of the molecule is COc1ccc(CCNC(=O)CN2CCCc3cc(F)cc(F)c32)cc1OC. The predicted octanol–water partition coefficient (Wildman–Crippen LogP) is 3.09. The molecule has 3 rings (SSSR count). The van der Waals surface area contributed by atoms with Crippen molar-refractivity contribution in [3.63, 3.8) is 0 Å². The van der Waals surface area contributed by atoms with Gasteiger partial charge in [0.2, 0.25) is 5.91 Å². The summed E-state index contributed by atoms with van der Waals surface area (Å²) in [5.41, 5.74) is 1.95.